The summed E-state index contributed by atoms with van der Waals surface area (Å²) in [6.07, 6.45) is 2.86. The highest BCUT2D eigenvalue weighted by atomic mass is 32.2. The second kappa shape index (κ2) is 6.06. The lowest BCUT2D eigenvalue weighted by Crippen LogP contribution is -2.33. The van der Waals surface area contributed by atoms with Gasteiger partial charge in [0.2, 0.25) is 10.0 Å². The van der Waals surface area contributed by atoms with Crippen LogP contribution in [0, 0.1) is 12.3 Å². The fraction of sp³-hybridized carbons (Fsp3) is 0.786. The van der Waals surface area contributed by atoms with E-state index in [1.54, 1.807) is 18.3 Å². The Morgan fingerprint density at radius 3 is 2.71 bits per heavy atom. The molecule has 1 aromatic heterocycles. The molecule has 0 spiro atoms. The first kappa shape index (κ1) is 16.5. The predicted molar refractivity (Wildman–Crippen MR) is 82.5 cm³/mol. The van der Waals surface area contributed by atoms with Crippen molar-refractivity contribution in [3.05, 3.63) is 11.4 Å². The molecule has 2 rings (SSSR count). The molecule has 0 amide bonds. The second-order valence-electron chi connectivity index (χ2n) is 6.58. The summed E-state index contributed by atoms with van der Waals surface area (Å²) >= 11 is 0. The van der Waals surface area contributed by atoms with Gasteiger partial charge in [-0.15, -0.1) is 0 Å². The summed E-state index contributed by atoms with van der Waals surface area (Å²) in [5.74, 6) is 0. The summed E-state index contributed by atoms with van der Waals surface area (Å²) in [7, 11) is -1.69. The maximum absolute atomic E-state index is 13.0. The van der Waals surface area contributed by atoms with Crippen molar-refractivity contribution >= 4 is 10.0 Å². The van der Waals surface area contributed by atoms with Gasteiger partial charge in [-0.2, -0.15) is 9.40 Å². The maximum atomic E-state index is 13.0. The van der Waals surface area contributed by atoms with Crippen LogP contribution in [0.1, 0.15) is 44.5 Å². The SMILES string of the molecule is CNCc1n[nH]c(C)c1S(=O)(=O)N1CCCC(C)(C)CC1. The largest absolute Gasteiger partial charge is 0.314 e. The van der Waals surface area contributed by atoms with Crippen LogP contribution in [-0.4, -0.2) is 43.1 Å². The van der Waals surface area contributed by atoms with Crippen LogP contribution in [0.5, 0.6) is 0 Å². The molecule has 0 atom stereocenters. The van der Waals surface area contributed by atoms with Gasteiger partial charge >= 0.3 is 0 Å². The molecule has 6 nitrogen and oxygen atoms in total. The van der Waals surface area contributed by atoms with Crippen molar-refractivity contribution in [2.24, 2.45) is 5.41 Å². The summed E-state index contributed by atoms with van der Waals surface area (Å²) in [4.78, 5) is 0.344. The van der Waals surface area contributed by atoms with E-state index in [9.17, 15) is 8.42 Å². The van der Waals surface area contributed by atoms with Crippen molar-refractivity contribution in [2.45, 2.75) is 51.5 Å². The predicted octanol–water partition coefficient (Wildman–Crippen LogP) is 1.64. The summed E-state index contributed by atoms with van der Waals surface area (Å²) in [5.41, 5.74) is 1.39. The topological polar surface area (TPSA) is 78.1 Å². The van der Waals surface area contributed by atoms with Gasteiger partial charge in [0, 0.05) is 19.6 Å². The lowest BCUT2D eigenvalue weighted by molar-refractivity contribution is 0.314. The number of aromatic nitrogens is 2. The number of hydrogen-bond acceptors (Lipinski definition) is 4. The molecule has 1 aliphatic heterocycles. The average Bonchev–Trinajstić information content (AvgIpc) is 2.64. The van der Waals surface area contributed by atoms with E-state index in [2.05, 4.69) is 29.4 Å². The monoisotopic (exact) mass is 314 g/mol. The first-order chi connectivity index (χ1) is 9.78. The Morgan fingerprint density at radius 1 is 1.33 bits per heavy atom. The van der Waals surface area contributed by atoms with Crippen molar-refractivity contribution in [3.8, 4) is 0 Å². The molecule has 0 unspecified atom stereocenters. The molecule has 0 saturated carbocycles. The van der Waals surface area contributed by atoms with Crippen LogP contribution in [0.25, 0.3) is 0 Å². The number of aryl methyl sites for hydroxylation is 1. The Kier molecular flexibility index (Phi) is 4.75. The molecule has 2 heterocycles. The zero-order valence-electron chi connectivity index (χ0n) is 13.4. The molecular weight excluding hydrogens is 288 g/mol. The number of hydrogen-bond donors (Lipinski definition) is 2. The second-order valence-corrected chi connectivity index (χ2v) is 8.45. The van der Waals surface area contributed by atoms with E-state index in [1.165, 1.54) is 0 Å². The molecule has 0 aromatic carbocycles. The van der Waals surface area contributed by atoms with Crippen molar-refractivity contribution in [3.63, 3.8) is 0 Å². The quantitative estimate of drug-likeness (QED) is 0.885. The molecule has 7 heteroatoms. The van der Waals surface area contributed by atoms with Crippen molar-refractivity contribution in [2.75, 3.05) is 20.1 Å². The van der Waals surface area contributed by atoms with Crippen molar-refractivity contribution in [1.82, 2.24) is 19.8 Å². The van der Waals surface area contributed by atoms with Crippen LogP contribution in [0.3, 0.4) is 0 Å². The minimum atomic E-state index is -3.48. The maximum Gasteiger partial charge on any atom is 0.246 e. The summed E-state index contributed by atoms with van der Waals surface area (Å²) < 4.78 is 27.6. The molecule has 120 valence electrons. The smallest absolute Gasteiger partial charge is 0.246 e. The van der Waals surface area contributed by atoms with Gasteiger partial charge < -0.3 is 5.32 Å². The number of aromatic amines is 1. The van der Waals surface area contributed by atoms with E-state index in [-0.39, 0.29) is 5.41 Å². The van der Waals surface area contributed by atoms with Crippen LogP contribution < -0.4 is 5.32 Å². The van der Waals surface area contributed by atoms with Crippen LogP contribution in [0.2, 0.25) is 0 Å². The van der Waals surface area contributed by atoms with Gasteiger partial charge in [-0.3, -0.25) is 5.10 Å². The number of nitrogens with zero attached hydrogens (tertiary/aromatic N) is 2. The fourth-order valence-corrected chi connectivity index (χ4v) is 4.67. The Labute approximate surface area is 127 Å². The first-order valence-corrected chi connectivity index (χ1v) is 8.90. The molecule has 1 saturated heterocycles. The van der Waals surface area contributed by atoms with Crippen molar-refractivity contribution in [1.29, 1.82) is 0 Å². The Balaban J connectivity index is 2.32. The van der Waals surface area contributed by atoms with Gasteiger partial charge in [-0.05, 0) is 38.6 Å². The van der Waals surface area contributed by atoms with E-state index < -0.39 is 10.0 Å². The lowest BCUT2D eigenvalue weighted by Gasteiger charge is -2.23. The highest BCUT2D eigenvalue weighted by Crippen LogP contribution is 2.32. The fourth-order valence-electron chi connectivity index (χ4n) is 2.87. The summed E-state index contributed by atoms with van der Waals surface area (Å²) in [6.45, 7) is 7.80. The third kappa shape index (κ3) is 3.46. The Morgan fingerprint density at radius 2 is 2.05 bits per heavy atom. The zero-order valence-corrected chi connectivity index (χ0v) is 14.2. The van der Waals surface area contributed by atoms with Crippen LogP contribution in [-0.2, 0) is 16.6 Å². The van der Waals surface area contributed by atoms with Gasteiger partial charge in [0.05, 0.1) is 11.4 Å². The third-order valence-electron chi connectivity index (χ3n) is 4.20. The van der Waals surface area contributed by atoms with E-state index in [4.69, 9.17) is 0 Å². The molecule has 0 aliphatic carbocycles. The van der Waals surface area contributed by atoms with Gasteiger partial charge in [0.1, 0.15) is 4.90 Å². The van der Waals surface area contributed by atoms with Crippen LogP contribution in [0.15, 0.2) is 4.90 Å². The van der Waals surface area contributed by atoms with E-state index in [0.717, 1.165) is 19.3 Å². The molecule has 1 fully saturated rings. The first-order valence-electron chi connectivity index (χ1n) is 7.46. The third-order valence-corrected chi connectivity index (χ3v) is 6.31. The molecule has 2 N–H and O–H groups in total. The minimum Gasteiger partial charge on any atom is -0.314 e. The van der Waals surface area contributed by atoms with E-state index in [0.29, 0.717) is 35.9 Å². The van der Waals surface area contributed by atoms with Gasteiger partial charge in [0.25, 0.3) is 0 Å². The highest BCUT2D eigenvalue weighted by Gasteiger charge is 2.33. The van der Waals surface area contributed by atoms with Gasteiger partial charge in [0.15, 0.2) is 0 Å². The standard InChI is InChI=1S/C14H26N4O2S/c1-11-13(12(10-15-4)17-16-11)21(19,20)18-8-5-6-14(2,3)7-9-18/h15H,5-10H2,1-4H3,(H,16,17). The number of rotatable bonds is 4. The minimum absolute atomic E-state index is 0.212. The zero-order chi connectivity index (χ0) is 15.7. The molecule has 0 radical (unpaired) electrons. The Hall–Kier alpha value is -0.920. The molecule has 1 aromatic rings. The molecule has 21 heavy (non-hydrogen) atoms. The van der Waals surface area contributed by atoms with E-state index >= 15 is 0 Å². The Bertz CT molecular complexity index is 592. The van der Waals surface area contributed by atoms with Crippen LogP contribution in [0.4, 0.5) is 0 Å². The van der Waals surface area contributed by atoms with E-state index in [1.807, 2.05) is 0 Å². The number of H-pyrrole nitrogens is 1. The highest BCUT2D eigenvalue weighted by molar-refractivity contribution is 7.89. The summed E-state index contributed by atoms with van der Waals surface area (Å²) in [5, 5.41) is 9.90. The normalized spacial score (nSPS) is 20.4. The van der Waals surface area contributed by atoms with Crippen LogP contribution >= 0.6 is 0 Å². The van der Waals surface area contributed by atoms with Crippen molar-refractivity contribution < 1.29 is 8.42 Å². The van der Waals surface area contributed by atoms with Gasteiger partial charge in [-0.1, -0.05) is 13.8 Å². The van der Waals surface area contributed by atoms with Gasteiger partial charge in [-0.25, -0.2) is 8.42 Å². The summed E-state index contributed by atoms with van der Waals surface area (Å²) in [6, 6.07) is 0. The number of sulfonamides is 1. The lowest BCUT2D eigenvalue weighted by atomic mass is 9.85. The molecular formula is C14H26N4O2S. The molecule has 1 aliphatic rings. The average molecular weight is 314 g/mol. The molecule has 0 bridgehead atoms. The number of nitrogens with one attached hydrogen (secondary N) is 2.